The second-order valence-corrected chi connectivity index (χ2v) is 6.11. The Morgan fingerprint density at radius 1 is 1.29 bits per heavy atom. The van der Waals surface area contributed by atoms with Crippen LogP contribution in [-0.4, -0.2) is 11.0 Å². The summed E-state index contributed by atoms with van der Waals surface area (Å²) in [5.41, 5.74) is 3.50. The number of para-hydroxylation sites is 1. The predicted molar refractivity (Wildman–Crippen MR) is 89.9 cm³/mol. The van der Waals surface area contributed by atoms with Crippen molar-refractivity contribution in [2.45, 2.75) is 12.7 Å². The van der Waals surface area contributed by atoms with Gasteiger partial charge in [0.2, 0.25) is 0 Å². The molecular weight excluding hydrogens is 304 g/mol. The number of aliphatic imine (C=N–C) groups is 1. The van der Waals surface area contributed by atoms with Crippen molar-refractivity contribution < 1.29 is 4.79 Å². The molecule has 1 N–H and O–H groups in total. The fraction of sp³-hybridized carbons (Fsp3) is 0.125. The molecule has 1 heterocycles. The fourth-order valence-electron chi connectivity index (χ4n) is 2.14. The Bertz CT molecular complexity index is 743. The number of Topliss-reactive ketones (excluding diaryl/α,β-unsaturated/α-hetero) is 1. The third kappa shape index (κ3) is 3.12. The van der Waals surface area contributed by atoms with Crippen LogP contribution < -0.4 is 5.32 Å². The molecule has 0 amide bonds. The molecule has 0 spiro atoms. The van der Waals surface area contributed by atoms with Crippen molar-refractivity contribution in [1.82, 2.24) is 0 Å². The molecule has 0 aliphatic carbocycles. The number of anilines is 1. The number of benzene rings is 2. The molecule has 21 heavy (non-hydrogen) atoms. The Morgan fingerprint density at radius 2 is 2.10 bits per heavy atom. The third-order valence-corrected chi connectivity index (χ3v) is 4.33. The Morgan fingerprint density at radius 3 is 2.90 bits per heavy atom. The minimum Gasteiger partial charge on any atom is -0.334 e. The maximum absolute atomic E-state index is 11.6. The number of carbonyl (C=O) groups excluding carboxylic acids is 1. The highest BCUT2D eigenvalue weighted by atomic mass is 35.5. The highest BCUT2D eigenvalue weighted by Gasteiger charge is 2.15. The van der Waals surface area contributed by atoms with E-state index >= 15 is 0 Å². The summed E-state index contributed by atoms with van der Waals surface area (Å²) in [6.07, 6.45) is 0. The standard InChI is InChI=1S/C16H13ClN2OS/c1-10(20)13-4-2-3-5-15(13)19-16-18-14-7-6-12(17)8-11(14)9-21-16/h2-8H,9H2,1H3,(H,18,19). The summed E-state index contributed by atoms with van der Waals surface area (Å²) >= 11 is 7.59. The van der Waals surface area contributed by atoms with Crippen molar-refractivity contribution in [3.63, 3.8) is 0 Å². The quantitative estimate of drug-likeness (QED) is 0.802. The van der Waals surface area contributed by atoms with Gasteiger partial charge >= 0.3 is 0 Å². The molecule has 3 nitrogen and oxygen atoms in total. The molecule has 106 valence electrons. The van der Waals surface area contributed by atoms with E-state index < -0.39 is 0 Å². The smallest absolute Gasteiger partial charge is 0.166 e. The van der Waals surface area contributed by atoms with Gasteiger partial charge in [0.1, 0.15) is 0 Å². The lowest BCUT2D eigenvalue weighted by atomic mass is 10.1. The monoisotopic (exact) mass is 316 g/mol. The van der Waals surface area contributed by atoms with Crippen LogP contribution in [-0.2, 0) is 5.75 Å². The van der Waals surface area contributed by atoms with Gasteiger partial charge in [0.05, 0.1) is 11.4 Å². The summed E-state index contributed by atoms with van der Waals surface area (Å²) in [6, 6.07) is 13.1. The maximum atomic E-state index is 11.6. The van der Waals surface area contributed by atoms with Crippen LogP contribution in [0.3, 0.4) is 0 Å². The van der Waals surface area contributed by atoms with Crippen molar-refractivity contribution in [2.75, 3.05) is 5.32 Å². The summed E-state index contributed by atoms with van der Waals surface area (Å²) in [4.78, 5) is 16.2. The number of nitrogens with one attached hydrogen (secondary N) is 1. The van der Waals surface area contributed by atoms with E-state index in [0.717, 1.165) is 32.9 Å². The van der Waals surface area contributed by atoms with Gasteiger partial charge < -0.3 is 5.32 Å². The van der Waals surface area contributed by atoms with Gasteiger partial charge in [-0.1, -0.05) is 35.5 Å². The number of halogens is 1. The van der Waals surface area contributed by atoms with Crippen LogP contribution in [0.5, 0.6) is 0 Å². The van der Waals surface area contributed by atoms with E-state index in [1.807, 2.05) is 42.5 Å². The Hall–Kier alpha value is -1.78. The van der Waals surface area contributed by atoms with Gasteiger partial charge in [-0.25, -0.2) is 4.99 Å². The van der Waals surface area contributed by atoms with Gasteiger partial charge in [0.15, 0.2) is 11.0 Å². The molecular formula is C16H13ClN2OS. The van der Waals surface area contributed by atoms with E-state index in [-0.39, 0.29) is 5.78 Å². The maximum Gasteiger partial charge on any atom is 0.166 e. The predicted octanol–water partition coefficient (Wildman–Crippen LogP) is 4.89. The number of fused-ring (bicyclic) bond motifs is 1. The summed E-state index contributed by atoms with van der Waals surface area (Å²) in [7, 11) is 0. The number of carbonyl (C=O) groups is 1. The average Bonchev–Trinajstić information content (AvgIpc) is 2.48. The Kier molecular flexibility index (Phi) is 3.99. The minimum absolute atomic E-state index is 0.0340. The van der Waals surface area contributed by atoms with Crippen molar-refractivity contribution in [2.24, 2.45) is 4.99 Å². The number of hydrogen-bond acceptors (Lipinski definition) is 4. The van der Waals surface area contributed by atoms with E-state index in [9.17, 15) is 4.79 Å². The lowest BCUT2D eigenvalue weighted by molar-refractivity contribution is 0.101. The van der Waals surface area contributed by atoms with Crippen LogP contribution in [0.2, 0.25) is 5.02 Å². The van der Waals surface area contributed by atoms with Gasteiger partial charge in [-0.3, -0.25) is 4.79 Å². The van der Waals surface area contributed by atoms with Crippen molar-refractivity contribution in [3.8, 4) is 0 Å². The molecule has 2 aromatic carbocycles. The van der Waals surface area contributed by atoms with Crippen LogP contribution in [0.25, 0.3) is 0 Å². The molecule has 0 saturated heterocycles. The van der Waals surface area contributed by atoms with E-state index in [1.165, 1.54) is 0 Å². The average molecular weight is 317 g/mol. The van der Waals surface area contributed by atoms with Crippen molar-refractivity contribution in [1.29, 1.82) is 0 Å². The molecule has 1 aliphatic heterocycles. The van der Waals surface area contributed by atoms with Gasteiger partial charge in [0, 0.05) is 16.3 Å². The van der Waals surface area contributed by atoms with Gasteiger partial charge in [-0.15, -0.1) is 0 Å². The summed E-state index contributed by atoms with van der Waals surface area (Å²) in [5.74, 6) is 0.843. The van der Waals surface area contributed by atoms with Gasteiger partial charge in [0.25, 0.3) is 0 Å². The SMILES string of the molecule is CC(=O)c1ccccc1NC1=Nc2ccc(Cl)cc2CS1. The van der Waals surface area contributed by atoms with Gasteiger partial charge in [-0.05, 0) is 42.8 Å². The number of amidine groups is 1. The van der Waals surface area contributed by atoms with E-state index in [2.05, 4.69) is 10.3 Å². The lowest BCUT2D eigenvalue weighted by Crippen LogP contribution is -2.13. The molecule has 2 aromatic rings. The van der Waals surface area contributed by atoms with Crippen LogP contribution in [0.15, 0.2) is 47.5 Å². The second kappa shape index (κ2) is 5.92. The third-order valence-electron chi connectivity index (χ3n) is 3.18. The van der Waals surface area contributed by atoms with Crippen LogP contribution in [0.1, 0.15) is 22.8 Å². The second-order valence-electron chi connectivity index (χ2n) is 4.71. The van der Waals surface area contributed by atoms with Crippen molar-refractivity contribution in [3.05, 3.63) is 58.6 Å². The highest BCUT2D eigenvalue weighted by molar-refractivity contribution is 8.13. The van der Waals surface area contributed by atoms with Crippen LogP contribution in [0.4, 0.5) is 11.4 Å². The minimum atomic E-state index is 0.0340. The largest absolute Gasteiger partial charge is 0.334 e. The molecule has 0 fully saturated rings. The first-order chi connectivity index (χ1) is 10.1. The first-order valence-electron chi connectivity index (χ1n) is 6.50. The molecule has 0 bridgehead atoms. The molecule has 0 atom stereocenters. The number of ketones is 1. The zero-order valence-corrected chi connectivity index (χ0v) is 13.0. The summed E-state index contributed by atoms with van der Waals surface area (Å²) in [5, 5.41) is 4.76. The zero-order chi connectivity index (χ0) is 14.8. The topological polar surface area (TPSA) is 41.5 Å². The normalized spacial score (nSPS) is 13.3. The number of hydrogen-bond donors (Lipinski definition) is 1. The van der Waals surface area contributed by atoms with Gasteiger partial charge in [-0.2, -0.15) is 0 Å². The molecule has 0 unspecified atom stereocenters. The number of thioether (sulfide) groups is 1. The van der Waals surface area contributed by atoms with E-state index in [4.69, 9.17) is 11.6 Å². The van der Waals surface area contributed by atoms with E-state index in [1.54, 1.807) is 18.7 Å². The zero-order valence-electron chi connectivity index (χ0n) is 11.4. The lowest BCUT2D eigenvalue weighted by Gasteiger charge is -2.17. The number of rotatable bonds is 2. The first kappa shape index (κ1) is 14.2. The molecule has 5 heteroatoms. The molecule has 0 radical (unpaired) electrons. The van der Waals surface area contributed by atoms with E-state index in [0.29, 0.717) is 5.56 Å². The Balaban J connectivity index is 1.90. The molecule has 0 saturated carbocycles. The van der Waals surface area contributed by atoms with Crippen LogP contribution >= 0.6 is 23.4 Å². The molecule has 3 rings (SSSR count). The van der Waals surface area contributed by atoms with Crippen molar-refractivity contribution >= 4 is 45.7 Å². The summed E-state index contributed by atoms with van der Waals surface area (Å²) < 4.78 is 0. The highest BCUT2D eigenvalue weighted by Crippen LogP contribution is 2.33. The fourth-order valence-corrected chi connectivity index (χ4v) is 3.21. The number of nitrogens with zero attached hydrogens (tertiary/aromatic N) is 1. The molecule has 0 aromatic heterocycles. The summed E-state index contributed by atoms with van der Waals surface area (Å²) in [6.45, 7) is 1.56. The first-order valence-corrected chi connectivity index (χ1v) is 7.87. The van der Waals surface area contributed by atoms with Crippen LogP contribution in [0, 0.1) is 0 Å². The Labute approximate surface area is 132 Å². The molecule has 1 aliphatic rings.